The molecule has 0 spiro atoms. The van der Waals surface area contributed by atoms with E-state index < -0.39 is 0 Å². The zero-order valence-corrected chi connectivity index (χ0v) is 17.4. The Hall–Kier alpha value is -2.10. The normalized spacial score (nSPS) is 29.9. The average Bonchev–Trinajstić information content (AvgIpc) is 2.70. The minimum absolute atomic E-state index is 0.0932. The lowest BCUT2D eigenvalue weighted by atomic mass is 9.49. The molecule has 0 aliphatic heterocycles. The van der Waals surface area contributed by atoms with Crippen LogP contribution in [0, 0.1) is 23.2 Å². The van der Waals surface area contributed by atoms with E-state index in [1.54, 1.807) is 6.08 Å². The van der Waals surface area contributed by atoms with Gasteiger partial charge in [-0.05, 0) is 91.7 Å². The van der Waals surface area contributed by atoms with Gasteiger partial charge in [0, 0.05) is 12.5 Å². The van der Waals surface area contributed by atoms with Crippen LogP contribution in [-0.2, 0) is 25.5 Å². The SMILES string of the molecule is COC(=O)/C=C/c1ccc(CCC(=O)OCCC23CC4CC(CC(C4)C2)C3)cc1. The first-order valence-corrected chi connectivity index (χ1v) is 11.0. The maximum absolute atomic E-state index is 12.2. The fraction of sp³-hybridized carbons (Fsp3) is 0.600. The molecule has 4 saturated carbocycles. The molecule has 4 bridgehead atoms. The highest BCUT2D eigenvalue weighted by Gasteiger charge is 2.50. The molecule has 0 N–H and O–H groups in total. The fourth-order valence-electron chi connectivity index (χ4n) is 6.32. The third kappa shape index (κ3) is 5.09. The number of carbonyl (C=O) groups excluding carboxylic acids is 2. The summed E-state index contributed by atoms with van der Waals surface area (Å²) in [7, 11) is 1.36. The lowest BCUT2D eigenvalue weighted by molar-refractivity contribution is -0.146. The third-order valence-corrected chi connectivity index (χ3v) is 7.27. The van der Waals surface area contributed by atoms with Gasteiger partial charge < -0.3 is 9.47 Å². The van der Waals surface area contributed by atoms with Crippen molar-refractivity contribution in [3.05, 3.63) is 41.5 Å². The van der Waals surface area contributed by atoms with Crippen LogP contribution in [0.25, 0.3) is 6.08 Å². The van der Waals surface area contributed by atoms with Crippen LogP contribution in [0.15, 0.2) is 30.3 Å². The molecule has 4 nitrogen and oxygen atoms in total. The van der Waals surface area contributed by atoms with E-state index in [1.807, 2.05) is 24.3 Å². The van der Waals surface area contributed by atoms with Gasteiger partial charge in [-0.2, -0.15) is 0 Å². The molecule has 0 amide bonds. The van der Waals surface area contributed by atoms with Crippen LogP contribution < -0.4 is 0 Å². The van der Waals surface area contributed by atoms with E-state index in [2.05, 4.69) is 4.74 Å². The second-order valence-corrected chi connectivity index (χ2v) is 9.49. The van der Waals surface area contributed by atoms with Crippen LogP contribution in [-0.4, -0.2) is 25.7 Å². The zero-order chi connectivity index (χ0) is 20.3. The first-order chi connectivity index (χ1) is 14.0. The number of ether oxygens (including phenoxy) is 2. The quantitative estimate of drug-likeness (QED) is 0.461. The number of carbonyl (C=O) groups is 2. The van der Waals surface area contributed by atoms with E-state index in [4.69, 9.17) is 4.74 Å². The fourth-order valence-corrected chi connectivity index (χ4v) is 6.32. The Morgan fingerprint density at radius 2 is 1.66 bits per heavy atom. The molecule has 0 unspecified atom stereocenters. The van der Waals surface area contributed by atoms with Crippen molar-refractivity contribution in [3.63, 3.8) is 0 Å². The van der Waals surface area contributed by atoms with Gasteiger partial charge in [-0.15, -0.1) is 0 Å². The maximum Gasteiger partial charge on any atom is 0.330 e. The number of rotatable bonds is 8. The summed E-state index contributed by atoms with van der Waals surface area (Å²) in [5.74, 6) is 2.38. The summed E-state index contributed by atoms with van der Waals surface area (Å²) in [6.45, 7) is 0.586. The van der Waals surface area contributed by atoms with Gasteiger partial charge in [-0.3, -0.25) is 4.79 Å². The molecule has 0 heterocycles. The van der Waals surface area contributed by atoms with Crippen molar-refractivity contribution >= 4 is 18.0 Å². The van der Waals surface area contributed by atoms with Crippen LogP contribution >= 0.6 is 0 Å². The van der Waals surface area contributed by atoms with Crippen LogP contribution in [0.3, 0.4) is 0 Å². The molecule has 4 aliphatic carbocycles. The minimum atomic E-state index is -0.370. The van der Waals surface area contributed by atoms with Gasteiger partial charge in [-0.25, -0.2) is 4.79 Å². The number of aryl methyl sites for hydroxylation is 1. The van der Waals surface area contributed by atoms with Crippen molar-refractivity contribution in [2.24, 2.45) is 23.2 Å². The van der Waals surface area contributed by atoms with Gasteiger partial charge in [0.05, 0.1) is 13.7 Å². The zero-order valence-electron chi connectivity index (χ0n) is 17.4. The smallest absolute Gasteiger partial charge is 0.330 e. The number of methoxy groups -OCH3 is 1. The van der Waals surface area contributed by atoms with Crippen molar-refractivity contribution in [1.29, 1.82) is 0 Å². The predicted molar refractivity (Wildman–Crippen MR) is 112 cm³/mol. The molecule has 1 aromatic rings. The number of esters is 2. The second kappa shape index (κ2) is 8.73. The van der Waals surface area contributed by atoms with E-state index in [-0.39, 0.29) is 11.9 Å². The number of hydrogen-bond acceptors (Lipinski definition) is 4. The summed E-state index contributed by atoms with van der Waals surface area (Å²) in [5, 5.41) is 0. The predicted octanol–water partition coefficient (Wildman–Crippen LogP) is 4.96. The molecule has 4 fully saturated rings. The summed E-state index contributed by atoms with van der Waals surface area (Å²) >= 11 is 0. The standard InChI is InChI=1S/C25H32O4/c1-28-23(26)8-6-18-2-4-19(5-3-18)7-9-24(27)29-11-10-25-15-20-12-21(16-25)14-22(13-20)17-25/h2-6,8,20-22H,7,9-17H2,1H3/b8-6+. The van der Waals surface area contributed by atoms with Crippen LogP contribution in [0.4, 0.5) is 0 Å². The summed E-state index contributed by atoms with van der Waals surface area (Å²) in [4.78, 5) is 23.3. The molecule has 0 radical (unpaired) electrons. The van der Waals surface area contributed by atoms with Gasteiger partial charge >= 0.3 is 11.9 Å². The number of hydrogen-bond donors (Lipinski definition) is 0. The highest BCUT2D eigenvalue weighted by molar-refractivity contribution is 5.86. The molecule has 4 aliphatic rings. The largest absolute Gasteiger partial charge is 0.466 e. The molecule has 0 atom stereocenters. The van der Waals surface area contributed by atoms with E-state index in [0.717, 1.165) is 35.3 Å². The van der Waals surface area contributed by atoms with Crippen molar-refractivity contribution < 1.29 is 19.1 Å². The number of benzene rings is 1. The lowest BCUT2D eigenvalue weighted by Gasteiger charge is -2.57. The Kier molecular flexibility index (Phi) is 6.07. The monoisotopic (exact) mass is 396 g/mol. The molecule has 4 heteroatoms. The van der Waals surface area contributed by atoms with Gasteiger partial charge in [0.25, 0.3) is 0 Å². The first-order valence-electron chi connectivity index (χ1n) is 11.0. The van der Waals surface area contributed by atoms with E-state index in [0.29, 0.717) is 24.9 Å². The first kappa shape index (κ1) is 20.2. The lowest BCUT2D eigenvalue weighted by Crippen LogP contribution is -2.46. The molecule has 5 rings (SSSR count). The second-order valence-electron chi connectivity index (χ2n) is 9.49. The molecular formula is C25H32O4. The van der Waals surface area contributed by atoms with E-state index >= 15 is 0 Å². The Bertz CT molecular complexity index is 726. The van der Waals surface area contributed by atoms with Gasteiger partial charge in [0.15, 0.2) is 0 Å². The molecule has 1 aromatic carbocycles. The van der Waals surface area contributed by atoms with E-state index in [1.165, 1.54) is 51.7 Å². The highest BCUT2D eigenvalue weighted by Crippen LogP contribution is 2.61. The van der Waals surface area contributed by atoms with Crippen LogP contribution in [0.5, 0.6) is 0 Å². The maximum atomic E-state index is 12.2. The van der Waals surface area contributed by atoms with Crippen molar-refractivity contribution in [3.8, 4) is 0 Å². The van der Waals surface area contributed by atoms with Gasteiger partial charge in [0.2, 0.25) is 0 Å². The Balaban J connectivity index is 1.18. The molecule has 0 aromatic heterocycles. The summed E-state index contributed by atoms with van der Waals surface area (Å²) in [6, 6.07) is 7.85. The Morgan fingerprint density at radius 3 is 2.24 bits per heavy atom. The van der Waals surface area contributed by atoms with E-state index in [9.17, 15) is 9.59 Å². The summed E-state index contributed by atoms with van der Waals surface area (Å²) in [6.07, 6.45) is 13.7. The topological polar surface area (TPSA) is 52.6 Å². The molecule has 156 valence electrons. The third-order valence-electron chi connectivity index (χ3n) is 7.27. The minimum Gasteiger partial charge on any atom is -0.466 e. The average molecular weight is 397 g/mol. The molecule has 29 heavy (non-hydrogen) atoms. The summed E-state index contributed by atoms with van der Waals surface area (Å²) in [5.41, 5.74) is 2.50. The van der Waals surface area contributed by atoms with Crippen molar-refractivity contribution in [2.45, 2.75) is 57.8 Å². The van der Waals surface area contributed by atoms with Crippen molar-refractivity contribution in [2.75, 3.05) is 13.7 Å². The van der Waals surface area contributed by atoms with Crippen molar-refractivity contribution in [1.82, 2.24) is 0 Å². The van der Waals surface area contributed by atoms with Gasteiger partial charge in [-0.1, -0.05) is 24.3 Å². The molecule has 0 saturated heterocycles. The van der Waals surface area contributed by atoms with Crippen LogP contribution in [0.1, 0.15) is 62.5 Å². The highest BCUT2D eigenvalue weighted by atomic mass is 16.5. The van der Waals surface area contributed by atoms with Gasteiger partial charge in [0.1, 0.15) is 0 Å². The molecular weight excluding hydrogens is 364 g/mol. The summed E-state index contributed by atoms with van der Waals surface area (Å²) < 4.78 is 10.2. The Morgan fingerprint density at radius 1 is 1.03 bits per heavy atom. The van der Waals surface area contributed by atoms with Crippen LogP contribution in [0.2, 0.25) is 0 Å². The Labute approximate surface area is 173 Å².